The molecule has 2 heterocycles. The monoisotopic (exact) mass is 415 g/mol. The SMILES string of the molecule is CN(C(=O)Cn1cnc2sc3c(c2c1=O)CC[C@H](C(C)(C)C)C3)C1CCCCC1. The van der Waals surface area contributed by atoms with Gasteiger partial charge < -0.3 is 4.90 Å². The molecule has 6 heteroatoms. The molecular formula is C23H33N3O2S. The largest absolute Gasteiger partial charge is 0.341 e. The second kappa shape index (κ2) is 7.86. The molecule has 1 fully saturated rings. The van der Waals surface area contributed by atoms with Crippen LogP contribution in [0.2, 0.25) is 0 Å². The van der Waals surface area contributed by atoms with E-state index in [9.17, 15) is 9.59 Å². The highest BCUT2D eigenvalue weighted by atomic mass is 32.1. The van der Waals surface area contributed by atoms with E-state index in [1.807, 2.05) is 11.9 Å². The molecule has 4 rings (SSSR count). The fourth-order valence-electron chi connectivity index (χ4n) is 4.98. The number of hydrogen-bond donors (Lipinski definition) is 0. The average molecular weight is 416 g/mol. The van der Waals surface area contributed by atoms with Gasteiger partial charge in [-0.1, -0.05) is 40.0 Å². The summed E-state index contributed by atoms with van der Waals surface area (Å²) in [5.41, 5.74) is 1.41. The molecule has 0 unspecified atom stereocenters. The van der Waals surface area contributed by atoms with Crippen LogP contribution in [0.4, 0.5) is 0 Å². The first-order chi connectivity index (χ1) is 13.8. The molecule has 2 aliphatic rings. The van der Waals surface area contributed by atoms with Crippen molar-refractivity contribution in [1.82, 2.24) is 14.5 Å². The molecule has 1 saturated carbocycles. The van der Waals surface area contributed by atoms with Crippen molar-refractivity contribution in [3.8, 4) is 0 Å². The predicted octanol–water partition coefficient (Wildman–Crippen LogP) is 4.40. The average Bonchev–Trinajstić information content (AvgIpc) is 3.08. The lowest BCUT2D eigenvalue weighted by molar-refractivity contribution is -0.133. The van der Waals surface area contributed by atoms with E-state index in [0.29, 0.717) is 12.0 Å². The van der Waals surface area contributed by atoms with Gasteiger partial charge in [-0.3, -0.25) is 14.2 Å². The van der Waals surface area contributed by atoms with Gasteiger partial charge in [0.2, 0.25) is 5.91 Å². The van der Waals surface area contributed by atoms with Crippen LogP contribution in [0.1, 0.15) is 69.7 Å². The summed E-state index contributed by atoms with van der Waals surface area (Å²) in [6, 6.07) is 0.312. The molecule has 0 saturated heterocycles. The minimum Gasteiger partial charge on any atom is -0.341 e. The van der Waals surface area contributed by atoms with Crippen molar-refractivity contribution in [1.29, 1.82) is 0 Å². The highest BCUT2D eigenvalue weighted by Crippen LogP contribution is 2.41. The molecule has 0 bridgehead atoms. The highest BCUT2D eigenvalue weighted by Gasteiger charge is 2.32. The number of thiophene rings is 1. The number of fused-ring (bicyclic) bond motifs is 3. The summed E-state index contributed by atoms with van der Waals surface area (Å²) < 4.78 is 1.52. The number of carbonyl (C=O) groups is 1. The molecule has 5 nitrogen and oxygen atoms in total. The Morgan fingerprint density at radius 2 is 1.97 bits per heavy atom. The fourth-order valence-corrected chi connectivity index (χ4v) is 6.24. The zero-order valence-electron chi connectivity index (χ0n) is 18.2. The van der Waals surface area contributed by atoms with E-state index in [2.05, 4.69) is 25.8 Å². The van der Waals surface area contributed by atoms with Crippen LogP contribution in [0, 0.1) is 11.3 Å². The smallest absolute Gasteiger partial charge is 0.262 e. The number of rotatable bonds is 3. The van der Waals surface area contributed by atoms with E-state index in [1.54, 1.807) is 17.7 Å². The van der Waals surface area contributed by atoms with E-state index in [4.69, 9.17) is 0 Å². The van der Waals surface area contributed by atoms with Crippen LogP contribution in [-0.2, 0) is 24.2 Å². The van der Waals surface area contributed by atoms with Crippen molar-refractivity contribution in [3.63, 3.8) is 0 Å². The molecule has 0 N–H and O–H groups in total. The van der Waals surface area contributed by atoms with Crippen LogP contribution in [-0.4, -0.2) is 33.4 Å². The van der Waals surface area contributed by atoms with Crippen molar-refractivity contribution < 1.29 is 4.79 Å². The first-order valence-electron chi connectivity index (χ1n) is 11.0. The lowest BCUT2D eigenvalue weighted by Crippen LogP contribution is -2.41. The molecule has 0 radical (unpaired) electrons. The third-order valence-electron chi connectivity index (χ3n) is 7.08. The van der Waals surface area contributed by atoms with Crippen molar-refractivity contribution in [2.75, 3.05) is 7.05 Å². The van der Waals surface area contributed by atoms with Crippen LogP contribution >= 0.6 is 11.3 Å². The van der Waals surface area contributed by atoms with Gasteiger partial charge in [-0.2, -0.15) is 0 Å². The summed E-state index contributed by atoms with van der Waals surface area (Å²) in [6.45, 7) is 6.99. The quantitative estimate of drug-likeness (QED) is 0.747. The van der Waals surface area contributed by atoms with E-state index < -0.39 is 0 Å². The molecule has 2 aliphatic carbocycles. The maximum absolute atomic E-state index is 13.2. The molecule has 1 atom stereocenters. The van der Waals surface area contributed by atoms with Crippen LogP contribution in [0.5, 0.6) is 0 Å². The first-order valence-corrected chi connectivity index (χ1v) is 11.8. The Balaban J connectivity index is 1.58. The molecule has 0 aromatic carbocycles. The lowest BCUT2D eigenvalue weighted by Gasteiger charge is -2.33. The maximum Gasteiger partial charge on any atom is 0.262 e. The van der Waals surface area contributed by atoms with Crippen molar-refractivity contribution in [2.24, 2.45) is 11.3 Å². The number of hydrogen-bond acceptors (Lipinski definition) is 4. The molecule has 158 valence electrons. The minimum absolute atomic E-state index is 0.0112. The number of aromatic nitrogens is 2. The highest BCUT2D eigenvalue weighted by molar-refractivity contribution is 7.18. The number of nitrogens with zero attached hydrogens (tertiary/aromatic N) is 3. The molecule has 1 amide bonds. The molecule has 0 spiro atoms. The Bertz CT molecular complexity index is 963. The Morgan fingerprint density at radius 3 is 2.66 bits per heavy atom. The second-order valence-electron chi connectivity index (χ2n) is 9.96. The van der Waals surface area contributed by atoms with Crippen LogP contribution < -0.4 is 5.56 Å². The van der Waals surface area contributed by atoms with Crippen LogP contribution in [0.3, 0.4) is 0 Å². The van der Waals surface area contributed by atoms with Gasteiger partial charge in [-0.25, -0.2) is 4.98 Å². The molecule has 2 aromatic rings. The van der Waals surface area contributed by atoms with E-state index >= 15 is 0 Å². The number of likely N-dealkylation sites (N-methyl/N-ethyl adjacent to an activating group) is 1. The standard InChI is InChI=1S/C23H33N3O2S/c1-23(2,3)15-10-11-17-18(12-15)29-21-20(17)22(28)26(14-24-21)13-19(27)25(4)16-8-6-5-7-9-16/h14-16H,5-13H2,1-4H3/t15-/m0/s1. The van der Waals surface area contributed by atoms with Gasteiger partial charge in [-0.05, 0) is 49.0 Å². The zero-order valence-corrected chi connectivity index (χ0v) is 19.0. The van der Waals surface area contributed by atoms with Crippen LogP contribution in [0.25, 0.3) is 10.2 Å². The van der Waals surface area contributed by atoms with Crippen molar-refractivity contribution in [2.45, 2.75) is 84.7 Å². The predicted molar refractivity (Wildman–Crippen MR) is 118 cm³/mol. The fraction of sp³-hybridized carbons (Fsp3) is 0.696. The van der Waals surface area contributed by atoms with Gasteiger partial charge in [0.15, 0.2) is 0 Å². The summed E-state index contributed by atoms with van der Waals surface area (Å²) >= 11 is 1.67. The Kier molecular flexibility index (Phi) is 5.58. The third kappa shape index (κ3) is 4.00. The Hall–Kier alpha value is -1.69. The number of aryl methyl sites for hydroxylation is 1. The summed E-state index contributed by atoms with van der Waals surface area (Å²) in [5, 5.41) is 0.757. The van der Waals surface area contributed by atoms with Gasteiger partial charge in [0.1, 0.15) is 11.4 Å². The van der Waals surface area contributed by atoms with Gasteiger partial charge in [0.05, 0.1) is 11.7 Å². The zero-order chi connectivity index (χ0) is 20.8. The summed E-state index contributed by atoms with van der Waals surface area (Å²) in [6.07, 6.45) is 10.4. The first kappa shape index (κ1) is 20.6. The molecule has 0 aliphatic heterocycles. The molecular weight excluding hydrogens is 382 g/mol. The summed E-state index contributed by atoms with van der Waals surface area (Å²) in [7, 11) is 1.88. The van der Waals surface area contributed by atoms with E-state index in [0.717, 1.165) is 42.3 Å². The van der Waals surface area contributed by atoms with E-state index in [1.165, 1.54) is 34.3 Å². The molecule has 29 heavy (non-hydrogen) atoms. The third-order valence-corrected chi connectivity index (χ3v) is 8.24. The topological polar surface area (TPSA) is 55.2 Å². The van der Waals surface area contributed by atoms with Crippen molar-refractivity contribution in [3.05, 3.63) is 27.1 Å². The van der Waals surface area contributed by atoms with Gasteiger partial charge in [-0.15, -0.1) is 11.3 Å². The summed E-state index contributed by atoms with van der Waals surface area (Å²) in [4.78, 5) is 34.6. The van der Waals surface area contributed by atoms with E-state index in [-0.39, 0.29) is 23.4 Å². The van der Waals surface area contributed by atoms with Crippen molar-refractivity contribution >= 4 is 27.5 Å². The van der Waals surface area contributed by atoms with Crippen LogP contribution in [0.15, 0.2) is 11.1 Å². The van der Waals surface area contributed by atoms with Gasteiger partial charge in [0, 0.05) is 18.0 Å². The Morgan fingerprint density at radius 1 is 1.24 bits per heavy atom. The lowest BCUT2D eigenvalue weighted by atomic mass is 9.72. The normalized spacial score (nSPS) is 20.6. The number of amides is 1. The number of carbonyl (C=O) groups excluding carboxylic acids is 1. The van der Waals surface area contributed by atoms with Gasteiger partial charge in [0.25, 0.3) is 5.56 Å². The second-order valence-corrected chi connectivity index (χ2v) is 11.0. The summed E-state index contributed by atoms with van der Waals surface area (Å²) in [5.74, 6) is 0.646. The minimum atomic E-state index is -0.0490. The molecule has 2 aromatic heterocycles. The Labute approximate surface area is 177 Å². The van der Waals surface area contributed by atoms with Gasteiger partial charge >= 0.3 is 0 Å². The maximum atomic E-state index is 13.2.